The van der Waals surface area contributed by atoms with Gasteiger partial charge in [-0.2, -0.15) is 0 Å². The van der Waals surface area contributed by atoms with Crippen molar-refractivity contribution in [2.75, 3.05) is 6.79 Å². The molecule has 3 heteroatoms. The molecular formula is C14H10O3. The minimum Gasteiger partial charge on any atom is -0.454 e. The van der Waals surface area contributed by atoms with Crippen molar-refractivity contribution in [1.29, 1.82) is 0 Å². The van der Waals surface area contributed by atoms with E-state index in [1.807, 2.05) is 30.3 Å². The lowest BCUT2D eigenvalue weighted by Crippen LogP contribution is -1.94. The Bertz CT molecular complexity index is 561. The summed E-state index contributed by atoms with van der Waals surface area (Å²) in [5.41, 5.74) is 2.37. The summed E-state index contributed by atoms with van der Waals surface area (Å²) in [6, 6.07) is 13.2. The third kappa shape index (κ3) is 1.56. The second kappa shape index (κ2) is 3.94. The molecule has 1 aliphatic heterocycles. The van der Waals surface area contributed by atoms with Crippen LogP contribution in [0.5, 0.6) is 11.5 Å². The Labute approximate surface area is 98.6 Å². The van der Waals surface area contributed by atoms with Crippen LogP contribution < -0.4 is 9.47 Å². The van der Waals surface area contributed by atoms with E-state index in [-0.39, 0.29) is 6.79 Å². The molecule has 0 unspecified atom stereocenters. The molecule has 0 atom stereocenters. The lowest BCUT2D eigenvalue weighted by molar-refractivity contribution is 0.112. The molecule has 0 aliphatic carbocycles. The van der Waals surface area contributed by atoms with Gasteiger partial charge in [-0.1, -0.05) is 30.3 Å². The first-order valence-electron chi connectivity index (χ1n) is 5.33. The molecule has 2 aromatic carbocycles. The van der Waals surface area contributed by atoms with E-state index in [4.69, 9.17) is 9.47 Å². The third-order valence-corrected chi connectivity index (χ3v) is 2.76. The van der Waals surface area contributed by atoms with Gasteiger partial charge >= 0.3 is 0 Å². The van der Waals surface area contributed by atoms with Crippen LogP contribution in [0.4, 0.5) is 0 Å². The average Bonchev–Trinajstić information content (AvgIpc) is 2.86. The number of carbonyl (C=O) groups excluding carboxylic acids is 1. The zero-order chi connectivity index (χ0) is 11.7. The Morgan fingerprint density at radius 1 is 1.00 bits per heavy atom. The Hall–Kier alpha value is -2.29. The largest absolute Gasteiger partial charge is 0.454 e. The van der Waals surface area contributed by atoms with Gasteiger partial charge in [0.15, 0.2) is 17.8 Å². The molecule has 17 heavy (non-hydrogen) atoms. The van der Waals surface area contributed by atoms with Crippen molar-refractivity contribution in [3.8, 4) is 22.6 Å². The van der Waals surface area contributed by atoms with E-state index < -0.39 is 0 Å². The first kappa shape index (κ1) is 9.90. The van der Waals surface area contributed by atoms with Crippen LogP contribution in [0.15, 0.2) is 42.5 Å². The van der Waals surface area contributed by atoms with Crippen LogP contribution in [-0.2, 0) is 0 Å². The maximum atomic E-state index is 11.1. The van der Waals surface area contributed by atoms with Crippen molar-refractivity contribution in [3.05, 3.63) is 48.0 Å². The number of hydrogen-bond acceptors (Lipinski definition) is 3. The van der Waals surface area contributed by atoms with Gasteiger partial charge in [0.25, 0.3) is 0 Å². The summed E-state index contributed by atoms with van der Waals surface area (Å²) in [5.74, 6) is 1.34. The number of rotatable bonds is 2. The number of ether oxygens (including phenoxy) is 2. The van der Waals surface area contributed by atoms with Crippen LogP contribution >= 0.6 is 0 Å². The highest BCUT2D eigenvalue weighted by molar-refractivity contribution is 5.92. The van der Waals surface area contributed by atoms with Crippen LogP contribution in [0, 0.1) is 0 Å². The summed E-state index contributed by atoms with van der Waals surface area (Å²) in [7, 11) is 0. The predicted octanol–water partition coefficient (Wildman–Crippen LogP) is 2.89. The summed E-state index contributed by atoms with van der Waals surface area (Å²) in [5, 5.41) is 0. The number of carbonyl (C=O) groups is 1. The summed E-state index contributed by atoms with van der Waals surface area (Å²) in [4.78, 5) is 11.1. The quantitative estimate of drug-likeness (QED) is 0.738. The van der Waals surface area contributed by atoms with Crippen molar-refractivity contribution in [2.24, 2.45) is 0 Å². The monoisotopic (exact) mass is 226 g/mol. The molecule has 2 aromatic rings. The maximum Gasteiger partial charge on any atom is 0.231 e. The van der Waals surface area contributed by atoms with E-state index in [0.717, 1.165) is 17.4 Å². The van der Waals surface area contributed by atoms with E-state index >= 15 is 0 Å². The minimum atomic E-state index is 0.206. The fourth-order valence-corrected chi connectivity index (χ4v) is 1.99. The first-order valence-corrected chi connectivity index (χ1v) is 5.33. The fraction of sp³-hybridized carbons (Fsp3) is 0.0714. The van der Waals surface area contributed by atoms with Crippen molar-refractivity contribution in [1.82, 2.24) is 0 Å². The van der Waals surface area contributed by atoms with Crippen LogP contribution in [0.1, 0.15) is 10.4 Å². The molecule has 1 aliphatic rings. The summed E-state index contributed by atoms with van der Waals surface area (Å²) >= 11 is 0. The Kier molecular flexibility index (Phi) is 2.29. The topological polar surface area (TPSA) is 35.5 Å². The summed E-state index contributed by atoms with van der Waals surface area (Å²) in [6.07, 6.45) is 0.838. The van der Waals surface area contributed by atoms with Crippen molar-refractivity contribution in [2.45, 2.75) is 0 Å². The highest BCUT2D eigenvalue weighted by atomic mass is 16.7. The van der Waals surface area contributed by atoms with Gasteiger partial charge in [0, 0.05) is 11.1 Å². The second-order valence-corrected chi connectivity index (χ2v) is 3.75. The zero-order valence-electron chi connectivity index (χ0n) is 9.05. The summed E-state index contributed by atoms with van der Waals surface area (Å²) < 4.78 is 10.8. The number of aldehydes is 1. The van der Waals surface area contributed by atoms with Gasteiger partial charge in [0.2, 0.25) is 6.79 Å². The van der Waals surface area contributed by atoms with Crippen molar-refractivity contribution in [3.63, 3.8) is 0 Å². The molecule has 0 amide bonds. The van der Waals surface area contributed by atoms with Crippen LogP contribution in [0.3, 0.4) is 0 Å². The van der Waals surface area contributed by atoms with E-state index in [0.29, 0.717) is 17.1 Å². The molecule has 0 saturated carbocycles. The van der Waals surface area contributed by atoms with E-state index in [1.54, 1.807) is 12.1 Å². The molecule has 84 valence electrons. The Balaban J connectivity index is 2.27. The van der Waals surface area contributed by atoms with Gasteiger partial charge in [-0.3, -0.25) is 4.79 Å². The molecule has 0 bridgehead atoms. The zero-order valence-corrected chi connectivity index (χ0v) is 9.05. The molecule has 3 nitrogen and oxygen atoms in total. The molecule has 0 spiro atoms. The lowest BCUT2D eigenvalue weighted by atomic mass is 9.99. The maximum absolute atomic E-state index is 11.1. The second-order valence-electron chi connectivity index (χ2n) is 3.75. The fourth-order valence-electron chi connectivity index (χ4n) is 1.99. The minimum absolute atomic E-state index is 0.206. The average molecular weight is 226 g/mol. The number of benzene rings is 2. The Morgan fingerprint density at radius 2 is 1.82 bits per heavy atom. The van der Waals surface area contributed by atoms with Crippen LogP contribution in [0.2, 0.25) is 0 Å². The van der Waals surface area contributed by atoms with Gasteiger partial charge in [-0.05, 0) is 17.7 Å². The van der Waals surface area contributed by atoms with Crippen molar-refractivity contribution >= 4 is 6.29 Å². The highest BCUT2D eigenvalue weighted by Gasteiger charge is 2.21. The first-order chi connectivity index (χ1) is 8.40. The van der Waals surface area contributed by atoms with E-state index in [9.17, 15) is 4.79 Å². The van der Waals surface area contributed by atoms with Crippen LogP contribution in [-0.4, -0.2) is 13.1 Å². The van der Waals surface area contributed by atoms with Crippen molar-refractivity contribution < 1.29 is 14.3 Å². The number of fused-ring (bicyclic) bond motifs is 1. The summed E-state index contributed by atoms with van der Waals surface area (Å²) in [6.45, 7) is 0.206. The molecule has 0 radical (unpaired) electrons. The third-order valence-electron chi connectivity index (χ3n) is 2.76. The SMILES string of the molecule is O=Cc1ccc2c(c1-c1ccccc1)OCO2. The molecule has 0 fully saturated rings. The van der Waals surface area contributed by atoms with E-state index in [2.05, 4.69) is 0 Å². The smallest absolute Gasteiger partial charge is 0.231 e. The molecular weight excluding hydrogens is 216 g/mol. The lowest BCUT2D eigenvalue weighted by Gasteiger charge is -2.08. The molecule has 1 heterocycles. The van der Waals surface area contributed by atoms with Gasteiger partial charge in [0.1, 0.15) is 0 Å². The van der Waals surface area contributed by atoms with Gasteiger partial charge in [-0.25, -0.2) is 0 Å². The van der Waals surface area contributed by atoms with Gasteiger partial charge < -0.3 is 9.47 Å². The number of hydrogen-bond donors (Lipinski definition) is 0. The standard InChI is InChI=1S/C14H10O3/c15-8-11-6-7-12-14(17-9-16-12)13(11)10-4-2-1-3-5-10/h1-8H,9H2. The Morgan fingerprint density at radius 3 is 2.59 bits per heavy atom. The van der Waals surface area contributed by atoms with E-state index in [1.165, 1.54) is 0 Å². The highest BCUT2D eigenvalue weighted by Crippen LogP contribution is 2.42. The predicted molar refractivity (Wildman–Crippen MR) is 63.4 cm³/mol. The molecule has 0 saturated heterocycles. The van der Waals surface area contributed by atoms with Gasteiger partial charge in [0.05, 0.1) is 0 Å². The molecule has 0 N–H and O–H groups in total. The molecule has 3 rings (SSSR count). The van der Waals surface area contributed by atoms with Gasteiger partial charge in [-0.15, -0.1) is 0 Å². The molecule has 0 aromatic heterocycles. The van der Waals surface area contributed by atoms with Crippen LogP contribution in [0.25, 0.3) is 11.1 Å². The normalized spacial score (nSPS) is 12.5.